The first-order chi connectivity index (χ1) is 6.40. The van der Waals surface area contributed by atoms with Crippen LogP contribution in [0.3, 0.4) is 0 Å². The van der Waals surface area contributed by atoms with E-state index in [9.17, 15) is 0 Å². The predicted octanol–water partition coefficient (Wildman–Crippen LogP) is 1.58. The summed E-state index contributed by atoms with van der Waals surface area (Å²) >= 11 is 5.68. The molecule has 13 heavy (non-hydrogen) atoms. The molecule has 2 atom stereocenters. The first-order valence-corrected chi connectivity index (χ1v) is 5.79. The fourth-order valence-electron chi connectivity index (χ4n) is 2.49. The van der Waals surface area contributed by atoms with Gasteiger partial charge in [-0.1, -0.05) is 0 Å². The van der Waals surface area contributed by atoms with E-state index in [1.165, 1.54) is 26.1 Å². The molecule has 0 unspecified atom stereocenters. The van der Waals surface area contributed by atoms with Crippen LogP contribution in [0, 0.1) is 11.8 Å². The molecule has 0 N–H and O–H groups in total. The molecule has 0 radical (unpaired) electrons. The Balaban J connectivity index is 1.77. The minimum absolute atomic E-state index is 0.794. The number of hydrogen-bond acceptors (Lipinski definition) is 2. The number of hydrogen-bond donors (Lipinski definition) is 0. The van der Waals surface area contributed by atoms with E-state index in [-0.39, 0.29) is 0 Å². The van der Waals surface area contributed by atoms with Gasteiger partial charge in [-0.2, -0.15) is 0 Å². The van der Waals surface area contributed by atoms with Crippen LogP contribution >= 0.6 is 11.6 Å². The van der Waals surface area contributed by atoms with Gasteiger partial charge in [-0.25, -0.2) is 0 Å². The lowest BCUT2D eigenvalue weighted by molar-refractivity contribution is 0.0370. The Kier molecular flexibility index (Phi) is 3.47. The van der Waals surface area contributed by atoms with Crippen LogP contribution in [-0.4, -0.2) is 43.6 Å². The topological polar surface area (TPSA) is 12.5 Å². The van der Waals surface area contributed by atoms with Crippen molar-refractivity contribution in [1.29, 1.82) is 0 Å². The molecule has 2 rings (SSSR count). The lowest BCUT2D eigenvalue weighted by Crippen LogP contribution is -2.25. The molecule has 2 fully saturated rings. The molecule has 0 amide bonds. The Morgan fingerprint density at radius 2 is 2.15 bits per heavy atom. The highest BCUT2D eigenvalue weighted by Gasteiger charge is 2.34. The third-order valence-electron chi connectivity index (χ3n) is 3.22. The average molecular weight is 204 g/mol. The van der Waals surface area contributed by atoms with Crippen molar-refractivity contribution in [1.82, 2.24) is 4.90 Å². The van der Waals surface area contributed by atoms with Crippen molar-refractivity contribution in [2.45, 2.75) is 12.8 Å². The van der Waals surface area contributed by atoms with Crippen LogP contribution in [0.4, 0.5) is 0 Å². The summed E-state index contributed by atoms with van der Waals surface area (Å²) in [4.78, 5) is 2.55. The van der Waals surface area contributed by atoms with Crippen molar-refractivity contribution in [3.05, 3.63) is 0 Å². The minimum atomic E-state index is 0.794. The zero-order chi connectivity index (χ0) is 9.10. The Bertz CT molecular complexity index is 151. The molecule has 3 heteroatoms. The van der Waals surface area contributed by atoms with E-state index in [2.05, 4.69) is 4.90 Å². The molecule has 2 nitrogen and oxygen atoms in total. The largest absolute Gasteiger partial charge is 0.381 e. The predicted molar refractivity (Wildman–Crippen MR) is 54.2 cm³/mol. The van der Waals surface area contributed by atoms with E-state index >= 15 is 0 Å². The van der Waals surface area contributed by atoms with Crippen LogP contribution in [-0.2, 0) is 4.74 Å². The van der Waals surface area contributed by atoms with Crippen LogP contribution in [0.5, 0.6) is 0 Å². The summed E-state index contributed by atoms with van der Waals surface area (Å²) in [5.41, 5.74) is 0. The molecule has 2 heterocycles. The van der Waals surface area contributed by atoms with E-state index < -0.39 is 0 Å². The number of alkyl halides is 1. The zero-order valence-electron chi connectivity index (χ0n) is 8.04. The van der Waals surface area contributed by atoms with Gasteiger partial charge in [0.1, 0.15) is 0 Å². The molecule has 0 aromatic rings. The van der Waals surface area contributed by atoms with Gasteiger partial charge in [0.05, 0.1) is 6.61 Å². The van der Waals surface area contributed by atoms with Gasteiger partial charge in [-0.05, 0) is 31.2 Å². The van der Waals surface area contributed by atoms with Crippen molar-refractivity contribution in [3.8, 4) is 0 Å². The molecular weight excluding hydrogens is 186 g/mol. The minimum Gasteiger partial charge on any atom is -0.381 e. The quantitative estimate of drug-likeness (QED) is 0.646. The molecule has 0 saturated carbocycles. The van der Waals surface area contributed by atoms with Gasteiger partial charge in [-0.15, -0.1) is 11.6 Å². The lowest BCUT2D eigenvalue weighted by atomic mass is 9.92. The Morgan fingerprint density at radius 3 is 2.92 bits per heavy atom. The number of likely N-dealkylation sites (tertiary alicyclic amines) is 1. The molecule has 0 spiro atoms. The third-order valence-corrected chi connectivity index (χ3v) is 3.49. The van der Waals surface area contributed by atoms with Gasteiger partial charge in [0.15, 0.2) is 0 Å². The molecule has 76 valence electrons. The summed E-state index contributed by atoms with van der Waals surface area (Å²) in [7, 11) is 0. The monoisotopic (exact) mass is 203 g/mol. The Hall–Kier alpha value is 0.210. The summed E-state index contributed by atoms with van der Waals surface area (Å²) in [6, 6.07) is 0. The van der Waals surface area contributed by atoms with E-state index in [0.717, 1.165) is 37.4 Å². The third kappa shape index (κ3) is 2.36. The molecule has 2 aliphatic rings. The standard InChI is InChI=1S/C10H18ClNO/c11-3-1-4-12-6-9-2-5-13-8-10(9)7-12/h9-10H,1-8H2/t9-,10-/m1/s1. The summed E-state index contributed by atoms with van der Waals surface area (Å²) < 4.78 is 5.48. The molecule has 2 aliphatic heterocycles. The second-order valence-corrected chi connectivity index (χ2v) is 4.56. The number of fused-ring (bicyclic) bond motifs is 1. The fourth-order valence-corrected chi connectivity index (χ4v) is 2.61. The highest BCUT2D eigenvalue weighted by atomic mass is 35.5. The smallest absolute Gasteiger partial charge is 0.0509 e. The summed E-state index contributed by atoms with van der Waals surface area (Å²) in [5.74, 6) is 2.51. The fraction of sp³-hybridized carbons (Fsp3) is 1.00. The highest BCUT2D eigenvalue weighted by Crippen LogP contribution is 2.29. The normalized spacial score (nSPS) is 34.8. The van der Waals surface area contributed by atoms with Gasteiger partial charge < -0.3 is 9.64 Å². The van der Waals surface area contributed by atoms with Gasteiger partial charge in [-0.3, -0.25) is 0 Å². The van der Waals surface area contributed by atoms with Crippen LogP contribution in [0.25, 0.3) is 0 Å². The van der Waals surface area contributed by atoms with Crippen LogP contribution in [0.15, 0.2) is 0 Å². The van der Waals surface area contributed by atoms with Crippen molar-refractivity contribution < 1.29 is 4.74 Å². The van der Waals surface area contributed by atoms with Gasteiger partial charge in [0.25, 0.3) is 0 Å². The first kappa shape index (κ1) is 9.75. The van der Waals surface area contributed by atoms with Gasteiger partial charge in [0, 0.05) is 25.6 Å². The van der Waals surface area contributed by atoms with Crippen molar-refractivity contribution in [2.24, 2.45) is 11.8 Å². The van der Waals surface area contributed by atoms with E-state index in [0.29, 0.717) is 0 Å². The average Bonchev–Trinajstić information content (AvgIpc) is 2.57. The Morgan fingerprint density at radius 1 is 1.31 bits per heavy atom. The zero-order valence-corrected chi connectivity index (χ0v) is 8.80. The number of nitrogens with zero attached hydrogens (tertiary/aromatic N) is 1. The molecule has 2 saturated heterocycles. The maximum Gasteiger partial charge on any atom is 0.0509 e. The molecule has 0 aliphatic carbocycles. The maximum absolute atomic E-state index is 5.68. The van der Waals surface area contributed by atoms with Crippen LogP contribution in [0.1, 0.15) is 12.8 Å². The maximum atomic E-state index is 5.68. The summed E-state index contributed by atoms with van der Waals surface area (Å²) in [6.07, 6.45) is 2.39. The second-order valence-electron chi connectivity index (χ2n) is 4.19. The van der Waals surface area contributed by atoms with Gasteiger partial charge >= 0.3 is 0 Å². The lowest BCUT2D eigenvalue weighted by Gasteiger charge is -2.23. The number of halogens is 1. The first-order valence-electron chi connectivity index (χ1n) is 5.26. The van der Waals surface area contributed by atoms with Gasteiger partial charge in [0.2, 0.25) is 0 Å². The number of rotatable bonds is 3. The van der Waals surface area contributed by atoms with Crippen molar-refractivity contribution in [2.75, 3.05) is 38.7 Å². The van der Waals surface area contributed by atoms with Crippen LogP contribution in [0.2, 0.25) is 0 Å². The Labute approximate surface area is 85.2 Å². The van der Waals surface area contributed by atoms with E-state index in [1.54, 1.807) is 0 Å². The van der Waals surface area contributed by atoms with E-state index in [1.807, 2.05) is 0 Å². The SMILES string of the molecule is ClCCCN1C[C@H]2CCOC[C@H]2C1. The number of ether oxygens (including phenoxy) is 1. The molecular formula is C10H18ClNO. The van der Waals surface area contributed by atoms with Crippen LogP contribution < -0.4 is 0 Å². The van der Waals surface area contributed by atoms with Crippen molar-refractivity contribution >= 4 is 11.6 Å². The molecule has 0 aromatic carbocycles. The van der Waals surface area contributed by atoms with Crippen molar-refractivity contribution in [3.63, 3.8) is 0 Å². The summed E-state index contributed by atoms with van der Waals surface area (Å²) in [5, 5.41) is 0. The molecule has 0 aromatic heterocycles. The molecule has 0 bridgehead atoms. The van der Waals surface area contributed by atoms with E-state index in [4.69, 9.17) is 16.3 Å². The highest BCUT2D eigenvalue weighted by molar-refractivity contribution is 6.17. The second kappa shape index (κ2) is 4.63. The summed E-state index contributed by atoms with van der Waals surface area (Å²) in [6.45, 7) is 5.66.